The van der Waals surface area contributed by atoms with Crippen LogP contribution in [0.3, 0.4) is 0 Å². The molecule has 0 heterocycles. The Morgan fingerprint density at radius 1 is 1.71 bits per heavy atom. The van der Waals surface area contributed by atoms with Crippen LogP contribution in [0.4, 0.5) is 0 Å². The first-order chi connectivity index (χ1) is 6.65. The number of nitrogens with zero attached hydrogens (tertiary/aromatic N) is 1. The van der Waals surface area contributed by atoms with E-state index in [0.29, 0.717) is 6.61 Å². The highest BCUT2D eigenvalue weighted by atomic mass is 16.7. The van der Waals surface area contributed by atoms with Gasteiger partial charge in [0.15, 0.2) is 0 Å². The zero-order chi connectivity index (χ0) is 11.0. The standard InChI is InChI=1S/C10H13NO3/c1-4-6-9(7-11)10(12)14-8(3)13-5-2/h4,6,8H,1,5H2,2-3H3/b9-6+. The maximum atomic E-state index is 11.2. The van der Waals surface area contributed by atoms with Gasteiger partial charge in [-0.2, -0.15) is 5.26 Å². The first-order valence-electron chi connectivity index (χ1n) is 4.21. The second-order valence-corrected chi connectivity index (χ2v) is 2.36. The molecule has 14 heavy (non-hydrogen) atoms. The number of allylic oxidation sites excluding steroid dienone is 2. The van der Waals surface area contributed by atoms with Crippen LogP contribution in [-0.2, 0) is 14.3 Å². The molecule has 1 unspecified atom stereocenters. The summed E-state index contributed by atoms with van der Waals surface area (Å²) in [5.74, 6) is -0.701. The van der Waals surface area contributed by atoms with E-state index in [-0.39, 0.29) is 5.57 Å². The molecule has 0 aromatic heterocycles. The number of rotatable bonds is 5. The van der Waals surface area contributed by atoms with Gasteiger partial charge in [-0.15, -0.1) is 0 Å². The smallest absolute Gasteiger partial charge is 0.351 e. The number of hydrogen-bond acceptors (Lipinski definition) is 4. The van der Waals surface area contributed by atoms with E-state index in [1.165, 1.54) is 12.2 Å². The van der Waals surface area contributed by atoms with Gasteiger partial charge in [0.05, 0.1) is 0 Å². The molecule has 0 fully saturated rings. The molecule has 4 nitrogen and oxygen atoms in total. The van der Waals surface area contributed by atoms with Gasteiger partial charge in [0.25, 0.3) is 0 Å². The van der Waals surface area contributed by atoms with Crippen LogP contribution in [0, 0.1) is 11.3 Å². The van der Waals surface area contributed by atoms with Crippen LogP contribution in [0.15, 0.2) is 24.3 Å². The first kappa shape index (κ1) is 12.4. The van der Waals surface area contributed by atoms with E-state index in [2.05, 4.69) is 6.58 Å². The van der Waals surface area contributed by atoms with Crippen LogP contribution >= 0.6 is 0 Å². The monoisotopic (exact) mass is 195 g/mol. The number of hydrogen-bond donors (Lipinski definition) is 0. The molecule has 4 heteroatoms. The quantitative estimate of drug-likeness (QED) is 0.219. The molecule has 0 amide bonds. The minimum atomic E-state index is -0.701. The summed E-state index contributed by atoms with van der Waals surface area (Å²) in [5, 5.41) is 8.56. The number of carbonyl (C=O) groups excluding carboxylic acids is 1. The summed E-state index contributed by atoms with van der Waals surface area (Å²) in [6, 6.07) is 1.71. The molecule has 0 aliphatic rings. The molecule has 0 aliphatic heterocycles. The highest BCUT2D eigenvalue weighted by Crippen LogP contribution is 2.01. The van der Waals surface area contributed by atoms with Gasteiger partial charge in [-0.25, -0.2) is 4.79 Å². The summed E-state index contributed by atoms with van der Waals surface area (Å²) in [6.07, 6.45) is 2.00. The summed E-state index contributed by atoms with van der Waals surface area (Å²) < 4.78 is 9.78. The Balaban J connectivity index is 4.27. The highest BCUT2D eigenvalue weighted by molar-refractivity contribution is 5.93. The number of carbonyl (C=O) groups is 1. The van der Waals surface area contributed by atoms with Crippen molar-refractivity contribution in [3.8, 4) is 6.07 Å². The summed E-state index contributed by atoms with van der Waals surface area (Å²) in [5.41, 5.74) is -0.0912. The van der Waals surface area contributed by atoms with Crippen LogP contribution in [0.2, 0.25) is 0 Å². The van der Waals surface area contributed by atoms with E-state index in [1.54, 1.807) is 19.9 Å². The van der Waals surface area contributed by atoms with E-state index < -0.39 is 12.3 Å². The molecule has 0 saturated carbocycles. The number of ether oxygens (including phenoxy) is 2. The van der Waals surface area contributed by atoms with Crippen molar-refractivity contribution in [1.82, 2.24) is 0 Å². The molecule has 0 aromatic carbocycles. The van der Waals surface area contributed by atoms with Gasteiger partial charge < -0.3 is 9.47 Å². The normalized spacial score (nSPS) is 12.8. The minimum absolute atomic E-state index is 0.0912. The van der Waals surface area contributed by atoms with E-state index >= 15 is 0 Å². The Morgan fingerprint density at radius 2 is 2.36 bits per heavy atom. The molecule has 0 N–H and O–H groups in total. The average molecular weight is 195 g/mol. The van der Waals surface area contributed by atoms with Crippen molar-refractivity contribution in [3.63, 3.8) is 0 Å². The zero-order valence-corrected chi connectivity index (χ0v) is 8.32. The number of esters is 1. The third kappa shape index (κ3) is 4.43. The van der Waals surface area contributed by atoms with Crippen molar-refractivity contribution in [3.05, 3.63) is 24.3 Å². The third-order valence-electron chi connectivity index (χ3n) is 1.30. The van der Waals surface area contributed by atoms with Crippen molar-refractivity contribution in [2.24, 2.45) is 0 Å². The Labute approximate surface area is 83.4 Å². The van der Waals surface area contributed by atoms with Crippen LogP contribution in [0.25, 0.3) is 0 Å². The van der Waals surface area contributed by atoms with Gasteiger partial charge in [0.2, 0.25) is 6.29 Å². The SMILES string of the molecule is C=C/C=C(\C#N)C(=O)OC(C)OCC. The Hall–Kier alpha value is -1.60. The molecule has 0 radical (unpaired) electrons. The molecule has 0 spiro atoms. The van der Waals surface area contributed by atoms with Gasteiger partial charge in [-0.3, -0.25) is 0 Å². The largest absolute Gasteiger partial charge is 0.432 e. The van der Waals surface area contributed by atoms with Crippen LogP contribution in [0.1, 0.15) is 13.8 Å². The summed E-state index contributed by atoms with van der Waals surface area (Å²) in [4.78, 5) is 11.2. The van der Waals surface area contributed by atoms with Gasteiger partial charge in [-0.1, -0.05) is 12.7 Å². The predicted molar refractivity (Wildman–Crippen MR) is 51.1 cm³/mol. The van der Waals surface area contributed by atoms with Crippen LogP contribution in [0.5, 0.6) is 0 Å². The van der Waals surface area contributed by atoms with E-state index in [9.17, 15) is 4.79 Å². The lowest BCUT2D eigenvalue weighted by Gasteiger charge is -2.11. The molecule has 1 atom stereocenters. The van der Waals surface area contributed by atoms with E-state index in [4.69, 9.17) is 14.7 Å². The molecular weight excluding hydrogens is 182 g/mol. The van der Waals surface area contributed by atoms with Crippen LogP contribution < -0.4 is 0 Å². The Morgan fingerprint density at radius 3 is 2.79 bits per heavy atom. The summed E-state index contributed by atoms with van der Waals surface area (Å²) in [7, 11) is 0. The molecule has 0 saturated heterocycles. The number of nitriles is 1. The minimum Gasteiger partial charge on any atom is -0.432 e. The Kier molecular flexibility index (Phi) is 6.08. The van der Waals surface area contributed by atoms with E-state index in [1.807, 2.05) is 0 Å². The van der Waals surface area contributed by atoms with Gasteiger partial charge in [0.1, 0.15) is 11.6 Å². The maximum absolute atomic E-state index is 11.2. The average Bonchev–Trinajstić information content (AvgIpc) is 2.14. The summed E-state index contributed by atoms with van der Waals surface area (Å²) in [6.45, 7) is 7.20. The lowest BCUT2D eigenvalue weighted by Crippen LogP contribution is -2.18. The molecule has 0 aromatic rings. The highest BCUT2D eigenvalue weighted by Gasteiger charge is 2.13. The van der Waals surface area contributed by atoms with Crippen molar-refractivity contribution in [2.75, 3.05) is 6.61 Å². The molecular formula is C10H13NO3. The lowest BCUT2D eigenvalue weighted by atomic mass is 10.3. The van der Waals surface area contributed by atoms with Gasteiger partial charge in [-0.05, 0) is 19.9 Å². The Bertz CT molecular complexity index is 276. The van der Waals surface area contributed by atoms with Crippen molar-refractivity contribution in [2.45, 2.75) is 20.1 Å². The molecule has 0 aliphatic carbocycles. The fraction of sp³-hybridized carbons (Fsp3) is 0.400. The fourth-order valence-corrected chi connectivity index (χ4v) is 0.752. The van der Waals surface area contributed by atoms with Crippen molar-refractivity contribution in [1.29, 1.82) is 5.26 Å². The second kappa shape index (κ2) is 6.87. The van der Waals surface area contributed by atoms with Gasteiger partial charge in [0, 0.05) is 6.61 Å². The summed E-state index contributed by atoms with van der Waals surface area (Å²) >= 11 is 0. The first-order valence-corrected chi connectivity index (χ1v) is 4.21. The third-order valence-corrected chi connectivity index (χ3v) is 1.30. The topological polar surface area (TPSA) is 59.3 Å². The zero-order valence-electron chi connectivity index (χ0n) is 8.32. The van der Waals surface area contributed by atoms with Crippen molar-refractivity contribution >= 4 is 5.97 Å². The van der Waals surface area contributed by atoms with E-state index in [0.717, 1.165) is 0 Å². The maximum Gasteiger partial charge on any atom is 0.351 e. The molecule has 0 rings (SSSR count). The second-order valence-electron chi connectivity index (χ2n) is 2.36. The fourth-order valence-electron chi connectivity index (χ4n) is 0.752. The van der Waals surface area contributed by atoms with Crippen molar-refractivity contribution < 1.29 is 14.3 Å². The van der Waals surface area contributed by atoms with Crippen LogP contribution in [-0.4, -0.2) is 18.9 Å². The van der Waals surface area contributed by atoms with Gasteiger partial charge >= 0.3 is 5.97 Å². The predicted octanol–water partition coefficient (Wildman–Crippen LogP) is 1.55. The lowest BCUT2D eigenvalue weighted by molar-refractivity contribution is -0.168. The molecule has 76 valence electrons. The molecule has 0 bridgehead atoms.